The summed E-state index contributed by atoms with van der Waals surface area (Å²) >= 11 is 2.15. The fourth-order valence-corrected chi connectivity index (χ4v) is 2.67. The van der Waals surface area contributed by atoms with Gasteiger partial charge in [0.1, 0.15) is 5.75 Å². The second kappa shape index (κ2) is 6.63. The number of carbonyl (C=O) groups excluding carboxylic acids is 1. The first-order chi connectivity index (χ1) is 10.3. The summed E-state index contributed by atoms with van der Waals surface area (Å²) in [5.41, 5.74) is 0.682. The zero-order valence-electron chi connectivity index (χ0n) is 11.5. The van der Waals surface area contributed by atoms with Crippen LogP contribution in [0.2, 0.25) is 0 Å². The van der Waals surface area contributed by atoms with Gasteiger partial charge >= 0.3 is 0 Å². The summed E-state index contributed by atoms with van der Waals surface area (Å²) in [5.74, 6) is -0.223. The third kappa shape index (κ3) is 3.96. The van der Waals surface area contributed by atoms with E-state index in [0.29, 0.717) is 5.69 Å². The number of nitrogens with two attached hydrogens (primary N) is 1. The maximum Gasteiger partial charge on any atom is 0.259 e. The molecule has 0 bridgehead atoms. The van der Waals surface area contributed by atoms with Gasteiger partial charge in [-0.25, -0.2) is 13.6 Å². The Morgan fingerprint density at radius 3 is 2.36 bits per heavy atom. The van der Waals surface area contributed by atoms with E-state index < -0.39 is 15.9 Å². The van der Waals surface area contributed by atoms with Crippen molar-refractivity contribution >= 4 is 44.2 Å². The molecule has 2 rings (SSSR count). The van der Waals surface area contributed by atoms with Crippen molar-refractivity contribution in [1.82, 2.24) is 0 Å². The fraction of sp³-hybridized carbons (Fsp3) is 0.0714. The molecule has 0 atom stereocenters. The average molecular weight is 432 g/mol. The summed E-state index contributed by atoms with van der Waals surface area (Å²) in [4.78, 5) is 12.2. The van der Waals surface area contributed by atoms with E-state index in [0.717, 1.165) is 3.57 Å². The van der Waals surface area contributed by atoms with Crippen LogP contribution < -0.4 is 15.2 Å². The smallest absolute Gasteiger partial charge is 0.259 e. The first kappa shape index (κ1) is 16.7. The van der Waals surface area contributed by atoms with Crippen molar-refractivity contribution < 1.29 is 17.9 Å². The van der Waals surface area contributed by atoms with Gasteiger partial charge in [-0.2, -0.15) is 0 Å². The molecule has 22 heavy (non-hydrogen) atoms. The Balaban J connectivity index is 2.37. The van der Waals surface area contributed by atoms with Gasteiger partial charge in [-0.15, -0.1) is 0 Å². The lowest BCUT2D eigenvalue weighted by Gasteiger charge is -2.11. The molecule has 116 valence electrons. The van der Waals surface area contributed by atoms with Crippen LogP contribution in [0.5, 0.6) is 5.75 Å². The molecule has 0 saturated carbocycles. The Kier molecular flexibility index (Phi) is 5.04. The molecule has 0 aliphatic carbocycles. The molecule has 0 saturated heterocycles. The molecule has 8 heteroatoms. The number of hydrogen-bond donors (Lipinski definition) is 2. The minimum Gasteiger partial charge on any atom is -0.496 e. The Morgan fingerprint density at radius 1 is 1.18 bits per heavy atom. The number of nitrogens with one attached hydrogen (secondary N) is 1. The minimum absolute atomic E-state index is 0.0903. The Bertz CT molecular complexity index is 804. The predicted octanol–water partition coefficient (Wildman–Crippen LogP) is 2.20. The van der Waals surface area contributed by atoms with E-state index >= 15 is 0 Å². The normalized spacial score (nSPS) is 11.0. The van der Waals surface area contributed by atoms with Crippen molar-refractivity contribution in [1.29, 1.82) is 0 Å². The first-order valence-corrected chi connectivity index (χ1v) is 8.71. The lowest BCUT2D eigenvalue weighted by Crippen LogP contribution is -2.16. The number of methoxy groups -OCH3 is 1. The van der Waals surface area contributed by atoms with Crippen LogP contribution in [0.15, 0.2) is 47.4 Å². The van der Waals surface area contributed by atoms with Crippen molar-refractivity contribution in [2.24, 2.45) is 5.14 Å². The van der Waals surface area contributed by atoms with Gasteiger partial charge in [0, 0.05) is 9.26 Å². The lowest BCUT2D eigenvalue weighted by atomic mass is 10.2. The molecule has 2 aromatic carbocycles. The van der Waals surface area contributed by atoms with Crippen LogP contribution in [0.4, 0.5) is 5.69 Å². The standard InChI is InChI=1S/C14H13IN2O4S/c1-21-13-7-6-11(22(16,19)20)8-12(13)14(18)17-10-4-2-9(15)3-5-10/h2-8H,1H3,(H,17,18)(H2,16,19,20). The Morgan fingerprint density at radius 2 is 1.82 bits per heavy atom. The summed E-state index contributed by atoms with van der Waals surface area (Å²) < 4.78 is 28.9. The van der Waals surface area contributed by atoms with Crippen LogP contribution in [-0.4, -0.2) is 21.4 Å². The van der Waals surface area contributed by atoms with Crippen LogP contribution in [0.25, 0.3) is 0 Å². The highest BCUT2D eigenvalue weighted by molar-refractivity contribution is 14.1. The topological polar surface area (TPSA) is 98.5 Å². The van der Waals surface area contributed by atoms with E-state index in [1.165, 1.54) is 25.3 Å². The quantitative estimate of drug-likeness (QED) is 0.724. The number of anilines is 1. The van der Waals surface area contributed by atoms with Crippen LogP contribution in [-0.2, 0) is 10.0 Å². The molecule has 6 nitrogen and oxygen atoms in total. The van der Waals surface area contributed by atoms with E-state index in [2.05, 4.69) is 27.9 Å². The van der Waals surface area contributed by atoms with Gasteiger partial charge in [0.2, 0.25) is 10.0 Å². The molecule has 0 heterocycles. The number of primary sulfonamides is 1. The van der Waals surface area contributed by atoms with Crippen LogP contribution in [0.3, 0.4) is 0 Å². The minimum atomic E-state index is -3.90. The molecular formula is C14H13IN2O4S. The summed E-state index contributed by atoms with van der Waals surface area (Å²) in [7, 11) is -2.50. The highest BCUT2D eigenvalue weighted by Crippen LogP contribution is 2.23. The first-order valence-electron chi connectivity index (χ1n) is 6.09. The maximum atomic E-state index is 12.3. The van der Waals surface area contributed by atoms with Crippen LogP contribution >= 0.6 is 22.6 Å². The highest BCUT2D eigenvalue weighted by atomic mass is 127. The molecule has 0 aliphatic rings. The third-order valence-electron chi connectivity index (χ3n) is 2.85. The van der Waals surface area contributed by atoms with Crippen molar-refractivity contribution in [2.75, 3.05) is 12.4 Å². The van der Waals surface area contributed by atoms with E-state index in [1.54, 1.807) is 12.1 Å². The predicted molar refractivity (Wildman–Crippen MR) is 91.5 cm³/mol. The van der Waals surface area contributed by atoms with Crippen molar-refractivity contribution in [3.8, 4) is 5.75 Å². The van der Waals surface area contributed by atoms with E-state index in [9.17, 15) is 13.2 Å². The van der Waals surface area contributed by atoms with Crippen molar-refractivity contribution in [2.45, 2.75) is 4.90 Å². The number of hydrogen-bond acceptors (Lipinski definition) is 4. The van der Waals surface area contributed by atoms with Gasteiger partial charge in [-0.3, -0.25) is 4.79 Å². The number of carbonyl (C=O) groups is 1. The summed E-state index contributed by atoms with van der Waals surface area (Å²) in [6.45, 7) is 0. The molecule has 0 fully saturated rings. The molecule has 0 aliphatic heterocycles. The SMILES string of the molecule is COc1ccc(S(N)(=O)=O)cc1C(=O)Nc1ccc(I)cc1. The maximum absolute atomic E-state index is 12.3. The van der Waals surface area contributed by atoms with Crippen molar-refractivity contribution in [3.63, 3.8) is 0 Å². The number of benzene rings is 2. The number of amides is 1. The summed E-state index contributed by atoms with van der Waals surface area (Å²) in [6.07, 6.45) is 0. The molecule has 1 amide bonds. The Labute approximate surface area is 141 Å². The number of rotatable bonds is 4. The zero-order chi connectivity index (χ0) is 16.3. The number of ether oxygens (including phenoxy) is 1. The monoisotopic (exact) mass is 432 g/mol. The molecule has 0 spiro atoms. The summed E-state index contributed by atoms with van der Waals surface area (Å²) in [5, 5.41) is 7.77. The van der Waals surface area contributed by atoms with Gasteiger partial charge in [0.25, 0.3) is 5.91 Å². The van der Waals surface area contributed by atoms with E-state index in [-0.39, 0.29) is 16.2 Å². The van der Waals surface area contributed by atoms with E-state index in [4.69, 9.17) is 9.88 Å². The fourth-order valence-electron chi connectivity index (χ4n) is 1.77. The highest BCUT2D eigenvalue weighted by Gasteiger charge is 2.17. The largest absolute Gasteiger partial charge is 0.496 e. The summed E-state index contributed by atoms with van der Waals surface area (Å²) in [6, 6.07) is 11.0. The van der Waals surface area contributed by atoms with Crippen molar-refractivity contribution in [3.05, 3.63) is 51.6 Å². The van der Waals surface area contributed by atoms with Gasteiger partial charge in [-0.05, 0) is 65.1 Å². The third-order valence-corrected chi connectivity index (χ3v) is 4.48. The molecule has 0 unspecified atom stereocenters. The van der Waals surface area contributed by atoms with Gasteiger partial charge in [-0.1, -0.05) is 0 Å². The molecule has 3 N–H and O–H groups in total. The second-order valence-corrected chi connectivity index (χ2v) is 7.18. The second-order valence-electron chi connectivity index (χ2n) is 4.37. The van der Waals surface area contributed by atoms with Gasteiger partial charge in [0.05, 0.1) is 17.6 Å². The number of halogens is 1. The van der Waals surface area contributed by atoms with Gasteiger partial charge in [0.15, 0.2) is 0 Å². The molecule has 0 radical (unpaired) electrons. The van der Waals surface area contributed by atoms with Crippen LogP contribution in [0.1, 0.15) is 10.4 Å². The van der Waals surface area contributed by atoms with Gasteiger partial charge < -0.3 is 10.1 Å². The molecule has 2 aromatic rings. The molecular weight excluding hydrogens is 419 g/mol. The lowest BCUT2D eigenvalue weighted by molar-refractivity contribution is 0.102. The zero-order valence-corrected chi connectivity index (χ0v) is 14.5. The average Bonchev–Trinajstić information content (AvgIpc) is 2.48. The van der Waals surface area contributed by atoms with Crippen LogP contribution in [0, 0.1) is 3.57 Å². The van der Waals surface area contributed by atoms with E-state index in [1.807, 2.05) is 12.1 Å². The molecule has 0 aromatic heterocycles. The Hall–Kier alpha value is -1.65. The number of sulfonamides is 1.